The number of benzene rings is 2. The predicted octanol–water partition coefficient (Wildman–Crippen LogP) is 0.493. The van der Waals surface area contributed by atoms with Gasteiger partial charge in [-0.15, -0.1) is 11.8 Å². The van der Waals surface area contributed by atoms with Crippen LogP contribution in [-0.2, 0) is 30.5 Å². The van der Waals surface area contributed by atoms with Crippen LogP contribution in [0.1, 0.15) is 28.3 Å². The van der Waals surface area contributed by atoms with Crippen molar-refractivity contribution in [3.8, 4) is 11.1 Å². The molecule has 0 unspecified atom stereocenters. The summed E-state index contributed by atoms with van der Waals surface area (Å²) < 4.78 is 41.5. The van der Waals surface area contributed by atoms with Gasteiger partial charge in [-0.1, -0.05) is 36.4 Å². The van der Waals surface area contributed by atoms with Crippen LogP contribution in [0, 0.1) is 0 Å². The first-order valence-electron chi connectivity index (χ1n) is 10.8. The van der Waals surface area contributed by atoms with Crippen LogP contribution in [0.4, 0.5) is 13.2 Å². The molecule has 0 aliphatic carbocycles. The molecule has 3 heterocycles. The van der Waals surface area contributed by atoms with Crippen LogP contribution in [0.2, 0.25) is 0 Å². The van der Waals surface area contributed by atoms with Crippen LogP contribution in [0.5, 0.6) is 0 Å². The third-order valence-electron chi connectivity index (χ3n) is 6.33. The number of aliphatic carboxylic acids is 1. The van der Waals surface area contributed by atoms with Crippen LogP contribution in [0.15, 0.2) is 64.4 Å². The van der Waals surface area contributed by atoms with E-state index in [9.17, 15) is 27.9 Å². The van der Waals surface area contributed by atoms with E-state index < -0.39 is 29.3 Å². The molecule has 0 radical (unpaired) electrons. The third kappa shape index (κ3) is 4.96. The van der Waals surface area contributed by atoms with E-state index in [2.05, 4.69) is 11.0 Å². The van der Waals surface area contributed by atoms with Crippen LogP contribution < -0.4 is 29.5 Å². The summed E-state index contributed by atoms with van der Waals surface area (Å²) in [6.45, 7) is 1.76. The van der Waals surface area contributed by atoms with Crippen molar-refractivity contribution >= 4 is 17.7 Å². The molecule has 0 saturated carbocycles. The van der Waals surface area contributed by atoms with E-state index in [-0.39, 0.29) is 24.6 Å². The van der Waals surface area contributed by atoms with Gasteiger partial charge in [0.1, 0.15) is 0 Å². The molecule has 2 aliphatic rings. The minimum Gasteiger partial charge on any atom is -0.548 e. The molecule has 0 amide bonds. The Bertz CT molecular complexity index is 1340. The number of alkyl halides is 3. The quantitative estimate of drug-likeness (QED) is 0.497. The van der Waals surface area contributed by atoms with Crippen molar-refractivity contribution in [3.05, 3.63) is 87.2 Å². The number of hydrogen-bond acceptors (Lipinski definition) is 5. The van der Waals surface area contributed by atoms with Gasteiger partial charge in [0.15, 0.2) is 0 Å². The Morgan fingerprint density at radius 2 is 1.83 bits per heavy atom. The third-order valence-corrected chi connectivity index (χ3v) is 7.49. The second-order valence-corrected chi connectivity index (χ2v) is 9.52. The molecule has 2 aromatic carbocycles. The summed E-state index contributed by atoms with van der Waals surface area (Å²) in [4.78, 5) is 26.7. The van der Waals surface area contributed by atoms with Crippen molar-refractivity contribution in [2.45, 2.75) is 36.8 Å². The molecule has 0 fully saturated rings. The summed E-state index contributed by atoms with van der Waals surface area (Å²) in [5.41, 5.74) is 2.51. The summed E-state index contributed by atoms with van der Waals surface area (Å²) in [6.07, 6.45) is -3.69. The first kappa shape index (κ1) is 25.6. The molecule has 1 aromatic heterocycles. The van der Waals surface area contributed by atoms with Gasteiger partial charge in [0.25, 0.3) is 5.56 Å². The SMILES string of the molecule is O=C([O-])[C@@H]1CSc2c(-c3cccc(C(F)(F)F)c3)c(CN3CCc4ccccc4C3)cc(=O)n21.[Li+]. The summed E-state index contributed by atoms with van der Waals surface area (Å²) in [5.74, 6) is -1.30. The van der Waals surface area contributed by atoms with Crippen LogP contribution in [0.3, 0.4) is 0 Å². The van der Waals surface area contributed by atoms with Gasteiger partial charge in [0, 0.05) is 37.0 Å². The molecular weight excluding hydrogens is 472 g/mol. The molecule has 5 nitrogen and oxygen atoms in total. The fourth-order valence-corrected chi connectivity index (χ4v) is 6.06. The Kier molecular flexibility index (Phi) is 7.25. The van der Waals surface area contributed by atoms with Crippen molar-refractivity contribution in [2.75, 3.05) is 12.3 Å². The number of fused-ring (bicyclic) bond motifs is 2. The number of carboxylic acid groups (broad SMARTS) is 1. The van der Waals surface area contributed by atoms with Crippen molar-refractivity contribution in [3.63, 3.8) is 0 Å². The average Bonchev–Trinajstić information content (AvgIpc) is 3.25. The maximum absolute atomic E-state index is 13.4. The number of pyridine rings is 1. The van der Waals surface area contributed by atoms with Crippen molar-refractivity contribution in [1.29, 1.82) is 0 Å². The largest absolute Gasteiger partial charge is 1.00 e. The van der Waals surface area contributed by atoms with Crippen molar-refractivity contribution in [2.24, 2.45) is 0 Å². The number of hydrogen-bond donors (Lipinski definition) is 0. The van der Waals surface area contributed by atoms with Crippen LogP contribution >= 0.6 is 11.8 Å². The number of aromatic nitrogens is 1. The number of nitrogens with zero attached hydrogens (tertiary/aromatic N) is 2. The fraction of sp³-hybridized carbons (Fsp3) is 0.280. The minimum absolute atomic E-state index is 0. The minimum atomic E-state index is -4.53. The number of carbonyl (C=O) groups excluding carboxylic acids is 1. The fourth-order valence-electron chi connectivity index (χ4n) is 4.71. The van der Waals surface area contributed by atoms with Gasteiger partial charge in [-0.2, -0.15) is 13.2 Å². The Morgan fingerprint density at radius 3 is 2.54 bits per heavy atom. The molecule has 35 heavy (non-hydrogen) atoms. The smallest absolute Gasteiger partial charge is 0.548 e. The Hall–Kier alpha value is -2.44. The van der Waals surface area contributed by atoms with E-state index in [1.54, 1.807) is 6.07 Å². The van der Waals surface area contributed by atoms with E-state index in [0.29, 0.717) is 34.8 Å². The van der Waals surface area contributed by atoms with Crippen molar-refractivity contribution < 1.29 is 41.9 Å². The molecule has 5 rings (SSSR count). The molecule has 2 aliphatic heterocycles. The van der Waals surface area contributed by atoms with Gasteiger partial charge in [-0.3, -0.25) is 14.3 Å². The zero-order chi connectivity index (χ0) is 24.0. The topological polar surface area (TPSA) is 65.4 Å². The monoisotopic (exact) mass is 492 g/mol. The molecule has 0 bridgehead atoms. The standard InChI is InChI=1S/C25H21F3N2O3S.Li/c26-25(27,28)19-7-3-6-16(10-19)22-18(11-21(31)30-20(24(32)33)14-34-23(22)30)13-29-9-8-15-4-1-2-5-17(15)12-29;/h1-7,10-11,20H,8-9,12-14H2,(H,32,33);/q;+1/p-1/t20-;/m0./s1. The number of thioether (sulfide) groups is 1. The summed E-state index contributed by atoms with van der Waals surface area (Å²) >= 11 is 1.16. The van der Waals surface area contributed by atoms with Gasteiger partial charge in [-0.25, -0.2) is 0 Å². The second-order valence-electron chi connectivity index (χ2n) is 8.51. The van der Waals surface area contributed by atoms with Crippen LogP contribution in [0.25, 0.3) is 11.1 Å². The van der Waals surface area contributed by atoms with E-state index >= 15 is 0 Å². The first-order chi connectivity index (χ1) is 16.2. The molecule has 0 spiro atoms. The molecule has 0 saturated heterocycles. The number of carboxylic acids is 1. The number of carbonyl (C=O) groups is 1. The maximum Gasteiger partial charge on any atom is 1.00 e. The van der Waals surface area contributed by atoms with Gasteiger partial charge in [0.2, 0.25) is 0 Å². The molecule has 3 aromatic rings. The van der Waals surface area contributed by atoms with E-state index in [4.69, 9.17) is 0 Å². The predicted molar refractivity (Wildman–Crippen MR) is 120 cm³/mol. The maximum atomic E-state index is 13.4. The molecular formula is C25H20F3LiN2O3S. The van der Waals surface area contributed by atoms with Gasteiger partial charge in [0.05, 0.1) is 22.6 Å². The summed E-state index contributed by atoms with van der Waals surface area (Å²) in [5, 5.41) is 12.0. The van der Waals surface area contributed by atoms with E-state index in [1.807, 2.05) is 18.2 Å². The summed E-state index contributed by atoms with van der Waals surface area (Å²) in [7, 11) is 0. The Labute approximate surface area is 216 Å². The number of rotatable bonds is 4. The van der Waals surface area contributed by atoms with Crippen LogP contribution in [-0.4, -0.2) is 27.7 Å². The molecule has 10 heteroatoms. The molecule has 0 N–H and O–H groups in total. The average molecular weight is 492 g/mol. The van der Waals surface area contributed by atoms with Gasteiger partial charge < -0.3 is 9.90 Å². The normalized spacial score (nSPS) is 17.4. The summed E-state index contributed by atoms with van der Waals surface area (Å²) in [6, 6.07) is 13.2. The van der Waals surface area contributed by atoms with Gasteiger partial charge >= 0.3 is 25.0 Å². The van der Waals surface area contributed by atoms with E-state index in [0.717, 1.165) is 41.4 Å². The zero-order valence-corrected chi connectivity index (χ0v) is 19.8. The molecule has 1 atom stereocenters. The Balaban J connectivity index is 0.00000289. The molecule has 176 valence electrons. The zero-order valence-electron chi connectivity index (χ0n) is 19.0. The van der Waals surface area contributed by atoms with Gasteiger partial charge in [-0.05, 0) is 40.8 Å². The number of halogens is 3. The first-order valence-corrected chi connectivity index (χ1v) is 11.8. The second kappa shape index (κ2) is 9.90. The van der Waals surface area contributed by atoms with E-state index in [1.165, 1.54) is 23.3 Å². The Morgan fingerprint density at radius 1 is 1.09 bits per heavy atom. The van der Waals surface area contributed by atoms with Crippen molar-refractivity contribution in [1.82, 2.24) is 9.47 Å².